The van der Waals surface area contributed by atoms with Crippen molar-refractivity contribution >= 4 is 0 Å². The number of hydrogen-bond acceptors (Lipinski definition) is 3. The van der Waals surface area contributed by atoms with Crippen LogP contribution in [-0.2, 0) is 11.3 Å². The molecule has 3 nitrogen and oxygen atoms in total. The fourth-order valence-corrected chi connectivity index (χ4v) is 3.62. The molecule has 0 saturated heterocycles. The van der Waals surface area contributed by atoms with Crippen LogP contribution in [0.2, 0.25) is 0 Å². The van der Waals surface area contributed by atoms with Crippen LogP contribution >= 0.6 is 0 Å². The van der Waals surface area contributed by atoms with Gasteiger partial charge in [0.15, 0.2) is 0 Å². The van der Waals surface area contributed by atoms with Crippen molar-refractivity contribution in [3.63, 3.8) is 0 Å². The van der Waals surface area contributed by atoms with Gasteiger partial charge in [-0.25, -0.2) is 0 Å². The average molecular weight is 413 g/mol. The summed E-state index contributed by atoms with van der Waals surface area (Å²) in [6.07, 6.45) is 2.01. The molecule has 0 saturated carbocycles. The first-order valence-corrected chi connectivity index (χ1v) is 11.0. The lowest BCUT2D eigenvalue weighted by Gasteiger charge is -2.36. The topological polar surface area (TPSA) is 27.7 Å². The van der Waals surface area contributed by atoms with Crippen molar-refractivity contribution in [3.8, 4) is 11.5 Å². The first-order valence-electron chi connectivity index (χ1n) is 11.0. The molecule has 0 aliphatic carbocycles. The minimum absolute atomic E-state index is 0.231. The third kappa shape index (κ3) is 8.39. The van der Waals surface area contributed by atoms with E-state index in [1.54, 1.807) is 7.11 Å². The van der Waals surface area contributed by atoms with E-state index in [0.29, 0.717) is 31.2 Å². The second-order valence-electron chi connectivity index (χ2n) is 10.4. The predicted molar refractivity (Wildman–Crippen MR) is 125 cm³/mol. The third-order valence-corrected chi connectivity index (χ3v) is 5.20. The Labute approximate surface area is 183 Å². The summed E-state index contributed by atoms with van der Waals surface area (Å²) in [6, 6.07) is 16.7. The van der Waals surface area contributed by atoms with Gasteiger partial charge in [0, 0.05) is 13.5 Å². The van der Waals surface area contributed by atoms with Crippen molar-refractivity contribution in [1.29, 1.82) is 0 Å². The lowest BCUT2D eigenvalue weighted by atomic mass is 9.69. The Kier molecular flexibility index (Phi) is 8.78. The monoisotopic (exact) mass is 412 g/mol. The molecule has 0 bridgehead atoms. The Morgan fingerprint density at radius 3 is 1.67 bits per heavy atom. The SMILES string of the molecule is COCc1ccc(OCCCOc2ccc(C(CC(C)(C)C)C(C)(C)C)cc2)cc1. The Hall–Kier alpha value is -2.00. The minimum Gasteiger partial charge on any atom is -0.493 e. The van der Waals surface area contributed by atoms with Crippen LogP contribution in [0.1, 0.15) is 71.4 Å². The van der Waals surface area contributed by atoms with Gasteiger partial charge in [0.05, 0.1) is 19.8 Å². The molecule has 2 rings (SSSR count). The summed E-state index contributed by atoms with van der Waals surface area (Å²) in [7, 11) is 1.70. The lowest BCUT2D eigenvalue weighted by molar-refractivity contribution is 0.184. The van der Waals surface area contributed by atoms with E-state index in [0.717, 1.165) is 23.5 Å². The summed E-state index contributed by atoms with van der Waals surface area (Å²) in [5.74, 6) is 2.33. The van der Waals surface area contributed by atoms with Crippen molar-refractivity contribution in [1.82, 2.24) is 0 Å². The van der Waals surface area contributed by atoms with Crippen LogP contribution in [0.15, 0.2) is 48.5 Å². The van der Waals surface area contributed by atoms with E-state index in [1.807, 2.05) is 24.3 Å². The maximum absolute atomic E-state index is 5.92. The molecule has 0 heterocycles. The van der Waals surface area contributed by atoms with E-state index in [1.165, 1.54) is 12.0 Å². The first-order chi connectivity index (χ1) is 14.1. The van der Waals surface area contributed by atoms with Crippen molar-refractivity contribution in [2.75, 3.05) is 20.3 Å². The molecule has 0 amide bonds. The van der Waals surface area contributed by atoms with E-state index in [9.17, 15) is 0 Å². The molecule has 0 radical (unpaired) electrons. The second-order valence-corrected chi connectivity index (χ2v) is 10.4. The standard InChI is InChI=1S/C27H40O3/c1-26(2,3)19-25(27(4,5)6)22-11-15-24(16-12-22)30-18-8-17-29-23-13-9-21(10-14-23)20-28-7/h9-16,25H,8,17-20H2,1-7H3. The Bertz CT molecular complexity index is 734. The summed E-state index contributed by atoms with van der Waals surface area (Å²) < 4.78 is 16.8. The second kappa shape index (κ2) is 10.9. The van der Waals surface area contributed by atoms with Gasteiger partial charge in [0.1, 0.15) is 11.5 Å². The lowest BCUT2D eigenvalue weighted by Crippen LogP contribution is -2.23. The van der Waals surface area contributed by atoms with Gasteiger partial charge in [-0.05, 0) is 58.6 Å². The Morgan fingerprint density at radius 1 is 0.733 bits per heavy atom. The summed E-state index contributed by atoms with van der Waals surface area (Å²) in [6.45, 7) is 15.9. The maximum Gasteiger partial charge on any atom is 0.119 e. The van der Waals surface area contributed by atoms with Gasteiger partial charge in [-0.1, -0.05) is 65.8 Å². The van der Waals surface area contributed by atoms with Crippen molar-refractivity contribution < 1.29 is 14.2 Å². The number of benzene rings is 2. The van der Waals surface area contributed by atoms with Crippen LogP contribution in [0.4, 0.5) is 0 Å². The molecule has 0 fully saturated rings. The minimum atomic E-state index is 0.231. The van der Waals surface area contributed by atoms with Gasteiger partial charge >= 0.3 is 0 Å². The van der Waals surface area contributed by atoms with Crippen molar-refractivity contribution in [3.05, 3.63) is 59.7 Å². The normalized spacial score (nSPS) is 13.2. The highest BCUT2D eigenvalue weighted by atomic mass is 16.5. The van der Waals surface area contributed by atoms with Gasteiger partial charge in [0.25, 0.3) is 0 Å². The van der Waals surface area contributed by atoms with Crippen LogP contribution in [0, 0.1) is 10.8 Å². The number of hydrogen-bond donors (Lipinski definition) is 0. The van der Waals surface area contributed by atoms with E-state index in [-0.39, 0.29) is 5.41 Å². The summed E-state index contributed by atoms with van der Waals surface area (Å²) >= 11 is 0. The van der Waals surface area contributed by atoms with Crippen molar-refractivity contribution in [2.45, 2.75) is 66.9 Å². The molecule has 2 aromatic carbocycles. The molecule has 3 heteroatoms. The van der Waals surface area contributed by atoms with Crippen LogP contribution < -0.4 is 9.47 Å². The molecule has 0 aromatic heterocycles. The van der Waals surface area contributed by atoms with Gasteiger partial charge in [-0.2, -0.15) is 0 Å². The number of rotatable bonds is 10. The highest BCUT2D eigenvalue weighted by molar-refractivity contribution is 5.30. The Morgan fingerprint density at radius 2 is 1.23 bits per heavy atom. The molecule has 0 spiro atoms. The molecule has 166 valence electrons. The van der Waals surface area contributed by atoms with Crippen LogP contribution in [-0.4, -0.2) is 20.3 Å². The molecular formula is C27H40O3. The fourth-order valence-electron chi connectivity index (χ4n) is 3.62. The quantitative estimate of drug-likeness (QED) is 0.385. The molecule has 0 aliphatic heterocycles. The van der Waals surface area contributed by atoms with E-state index in [2.05, 4.69) is 65.8 Å². The van der Waals surface area contributed by atoms with E-state index >= 15 is 0 Å². The molecule has 0 N–H and O–H groups in total. The molecule has 30 heavy (non-hydrogen) atoms. The number of ether oxygens (including phenoxy) is 3. The maximum atomic E-state index is 5.92. The molecule has 1 unspecified atom stereocenters. The largest absolute Gasteiger partial charge is 0.493 e. The Balaban J connectivity index is 1.80. The van der Waals surface area contributed by atoms with Gasteiger partial charge in [-0.15, -0.1) is 0 Å². The third-order valence-electron chi connectivity index (χ3n) is 5.20. The van der Waals surface area contributed by atoms with Gasteiger partial charge < -0.3 is 14.2 Å². The van der Waals surface area contributed by atoms with Crippen LogP contribution in [0.3, 0.4) is 0 Å². The first kappa shape index (κ1) is 24.3. The highest BCUT2D eigenvalue weighted by Gasteiger charge is 2.30. The zero-order valence-electron chi connectivity index (χ0n) is 20.0. The van der Waals surface area contributed by atoms with Gasteiger partial charge in [-0.3, -0.25) is 0 Å². The van der Waals surface area contributed by atoms with Gasteiger partial charge in [0.2, 0.25) is 0 Å². The molecular weight excluding hydrogens is 372 g/mol. The van der Waals surface area contributed by atoms with Crippen LogP contribution in [0.25, 0.3) is 0 Å². The average Bonchev–Trinajstić information content (AvgIpc) is 2.66. The number of methoxy groups -OCH3 is 1. The summed E-state index contributed by atoms with van der Waals surface area (Å²) in [4.78, 5) is 0. The zero-order valence-corrected chi connectivity index (χ0v) is 20.0. The highest BCUT2D eigenvalue weighted by Crippen LogP contribution is 2.43. The van der Waals surface area contributed by atoms with Crippen LogP contribution in [0.5, 0.6) is 11.5 Å². The molecule has 2 aromatic rings. The fraction of sp³-hybridized carbons (Fsp3) is 0.556. The van der Waals surface area contributed by atoms with Crippen molar-refractivity contribution in [2.24, 2.45) is 10.8 Å². The zero-order chi connectivity index (χ0) is 22.2. The summed E-state index contributed by atoms with van der Waals surface area (Å²) in [5.41, 5.74) is 3.07. The molecule has 1 atom stereocenters. The van der Waals surface area contributed by atoms with E-state index in [4.69, 9.17) is 14.2 Å². The predicted octanol–water partition coefficient (Wildman–Crippen LogP) is 7.25. The van der Waals surface area contributed by atoms with E-state index < -0.39 is 0 Å². The summed E-state index contributed by atoms with van der Waals surface area (Å²) in [5, 5.41) is 0. The smallest absolute Gasteiger partial charge is 0.119 e. The molecule has 0 aliphatic rings.